The van der Waals surface area contributed by atoms with E-state index in [0.717, 1.165) is 9.97 Å². The third-order valence-electron chi connectivity index (χ3n) is 6.65. The summed E-state index contributed by atoms with van der Waals surface area (Å²) in [6.45, 7) is 15.7. The van der Waals surface area contributed by atoms with Crippen LogP contribution in [0.4, 0.5) is 9.93 Å². The molecule has 0 aromatic carbocycles. The Morgan fingerprint density at radius 3 is 2.37 bits per heavy atom. The number of alkyl carbamates (subject to hydrolysis) is 1. The number of aromatic nitrogens is 2. The maximum Gasteiger partial charge on any atom is 0.407 e. The third kappa shape index (κ3) is 12.8. The first-order chi connectivity index (χ1) is 20.2. The number of ether oxygens (including phenoxy) is 1. The molecular weight excluding hydrogens is 590 g/mol. The van der Waals surface area contributed by atoms with E-state index in [-0.39, 0.29) is 23.1 Å². The molecule has 240 valence electrons. The van der Waals surface area contributed by atoms with Crippen molar-refractivity contribution in [2.75, 3.05) is 58.2 Å². The highest BCUT2D eigenvalue weighted by molar-refractivity contribution is 8.00. The topological polar surface area (TPSA) is 142 Å². The first-order valence-electron chi connectivity index (χ1n) is 14.7. The van der Waals surface area contributed by atoms with Crippen LogP contribution in [0.5, 0.6) is 0 Å². The molecule has 3 rings (SSSR count). The van der Waals surface area contributed by atoms with Crippen molar-refractivity contribution in [2.24, 2.45) is 5.92 Å². The second-order valence-electron chi connectivity index (χ2n) is 12.8. The Kier molecular flexibility index (Phi) is 12.8. The number of amides is 3. The van der Waals surface area contributed by atoms with Crippen LogP contribution in [-0.4, -0.2) is 96.1 Å². The molecule has 0 atom stereocenters. The van der Waals surface area contributed by atoms with Gasteiger partial charge in [0.2, 0.25) is 17.7 Å². The van der Waals surface area contributed by atoms with E-state index in [4.69, 9.17) is 9.15 Å². The summed E-state index contributed by atoms with van der Waals surface area (Å²) in [4.78, 5) is 49.8. The minimum Gasteiger partial charge on any atom is -0.444 e. The van der Waals surface area contributed by atoms with E-state index in [0.29, 0.717) is 75.4 Å². The van der Waals surface area contributed by atoms with Crippen molar-refractivity contribution in [1.29, 1.82) is 0 Å². The number of rotatable bonds is 13. The fourth-order valence-corrected chi connectivity index (χ4v) is 5.95. The summed E-state index contributed by atoms with van der Waals surface area (Å²) in [6.07, 6.45) is 4.50. The van der Waals surface area contributed by atoms with Gasteiger partial charge in [0, 0.05) is 37.5 Å². The lowest BCUT2D eigenvalue weighted by atomic mass is 9.94. The number of carbonyl (C=O) groups excluding carboxylic acids is 3. The van der Waals surface area contributed by atoms with Gasteiger partial charge in [-0.1, -0.05) is 32.1 Å². The molecule has 1 fully saturated rings. The molecule has 3 heterocycles. The van der Waals surface area contributed by atoms with Crippen LogP contribution in [0.3, 0.4) is 0 Å². The Morgan fingerprint density at radius 1 is 1.07 bits per heavy atom. The van der Waals surface area contributed by atoms with Crippen molar-refractivity contribution in [3.63, 3.8) is 0 Å². The number of nitrogens with zero attached hydrogens (tertiary/aromatic N) is 4. The zero-order chi connectivity index (χ0) is 31.6. The van der Waals surface area contributed by atoms with Gasteiger partial charge in [-0.25, -0.2) is 14.8 Å². The highest BCUT2D eigenvalue weighted by Gasteiger charge is 2.27. The molecule has 12 nitrogen and oxygen atoms in total. The van der Waals surface area contributed by atoms with Gasteiger partial charge < -0.3 is 30.0 Å². The van der Waals surface area contributed by atoms with Gasteiger partial charge >= 0.3 is 6.09 Å². The monoisotopic (exact) mass is 637 g/mol. The number of likely N-dealkylation sites (tertiary alicyclic amines) is 1. The number of piperidine rings is 1. The SMILES string of the molecule is CN(CCNC(=O)CN1CCC(C(=O)Nc2ncc(SCc3ncc(C(C)(C)C)o3)s2)CC1)CCNC(=O)OC(C)(C)C. The maximum absolute atomic E-state index is 12.9. The van der Waals surface area contributed by atoms with Crippen molar-refractivity contribution in [3.8, 4) is 0 Å². The number of carbonyl (C=O) groups is 3. The summed E-state index contributed by atoms with van der Waals surface area (Å²) in [7, 11) is 1.94. The van der Waals surface area contributed by atoms with Gasteiger partial charge in [0.05, 0.1) is 28.9 Å². The summed E-state index contributed by atoms with van der Waals surface area (Å²) in [5, 5.41) is 9.23. The average Bonchev–Trinajstić information content (AvgIpc) is 3.56. The molecule has 0 aliphatic carbocycles. The quantitative estimate of drug-likeness (QED) is 0.277. The van der Waals surface area contributed by atoms with Crippen LogP contribution in [0.15, 0.2) is 21.0 Å². The lowest BCUT2D eigenvalue weighted by molar-refractivity contribution is -0.123. The van der Waals surface area contributed by atoms with E-state index in [1.807, 2.05) is 32.7 Å². The summed E-state index contributed by atoms with van der Waals surface area (Å²) in [5.41, 5.74) is -0.603. The van der Waals surface area contributed by atoms with E-state index in [1.54, 1.807) is 24.2 Å². The van der Waals surface area contributed by atoms with Gasteiger partial charge in [-0.3, -0.25) is 14.5 Å². The van der Waals surface area contributed by atoms with Crippen LogP contribution >= 0.6 is 23.1 Å². The number of hydrogen-bond donors (Lipinski definition) is 3. The highest BCUT2D eigenvalue weighted by Crippen LogP contribution is 2.32. The fraction of sp³-hybridized carbons (Fsp3) is 0.690. The maximum atomic E-state index is 12.9. The Hall–Kier alpha value is -2.68. The number of oxazole rings is 1. The van der Waals surface area contributed by atoms with E-state index in [1.165, 1.54) is 11.3 Å². The van der Waals surface area contributed by atoms with Crippen LogP contribution in [0.1, 0.15) is 66.0 Å². The number of nitrogens with one attached hydrogen (secondary N) is 3. The molecule has 1 aliphatic rings. The summed E-state index contributed by atoms with van der Waals surface area (Å²) < 4.78 is 12.1. The lowest BCUT2D eigenvalue weighted by Gasteiger charge is -2.30. The minimum atomic E-state index is -0.523. The summed E-state index contributed by atoms with van der Waals surface area (Å²) in [5.74, 6) is 1.97. The average molecular weight is 638 g/mol. The first-order valence-corrected chi connectivity index (χ1v) is 16.5. The number of thioether (sulfide) groups is 1. The Morgan fingerprint density at radius 2 is 1.74 bits per heavy atom. The van der Waals surface area contributed by atoms with E-state index in [2.05, 4.69) is 51.6 Å². The van der Waals surface area contributed by atoms with Crippen LogP contribution in [0.2, 0.25) is 0 Å². The van der Waals surface area contributed by atoms with Gasteiger partial charge in [0.25, 0.3) is 0 Å². The van der Waals surface area contributed by atoms with Crippen LogP contribution < -0.4 is 16.0 Å². The smallest absolute Gasteiger partial charge is 0.407 e. The molecule has 0 bridgehead atoms. The van der Waals surface area contributed by atoms with Gasteiger partial charge in [-0.05, 0) is 53.8 Å². The van der Waals surface area contributed by atoms with Gasteiger partial charge in [-0.2, -0.15) is 0 Å². The zero-order valence-corrected chi connectivity index (χ0v) is 28.1. The molecule has 0 radical (unpaired) electrons. The van der Waals surface area contributed by atoms with E-state index in [9.17, 15) is 14.4 Å². The van der Waals surface area contributed by atoms with E-state index >= 15 is 0 Å². The van der Waals surface area contributed by atoms with Gasteiger partial charge in [-0.15, -0.1) is 11.8 Å². The number of hydrogen-bond acceptors (Lipinski definition) is 11. The van der Waals surface area contributed by atoms with Gasteiger partial charge in [0.15, 0.2) is 5.13 Å². The summed E-state index contributed by atoms with van der Waals surface area (Å²) in [6, 6.07) is 0. The molecule has 2 aromatic rings. The number of anilines is 1. The van der Waals surface area contributed by atoms with E-state index < -0.39 is 11.7 Å². The normalized spacial score (nSPS) is 15.0. The molecule has 3 amide bonds. The lowest BCUT2D eigenvalue weighted by Crippen LogP contribution is -2.45. The molecule has 1 saturated heterocycles. The molecule has 14 heteroatoms. The van der Waals surface area contributed by atoms with Crippen molar-refractivity contribution in [1.82, 2.24) is 30.4 Å². The van der Waals surface area contributed by atoms with Crippen molar-refractivity contribution in [3.05, 3.63) is 24.0 Å². The second kappa shape index (κ2) is 15.9. The molecule has 43 heavy (non-hydrogen) atoms. The van der Waals surface area contributed by atoms with Crippen LogP contribution in [0, 0.1) is 5.92 Å². The minimum absolute atomic E-state index is 0.0262. The predicted octanol–water partition coefficient (Wildman–Crippen LogP) is 3.94. The molecule has 0 spiro atoms. The second-order valence-corrected chi connectivity index (χ2v) is 15.1. The fourth-order valence-electron chi connectivity index (χ4n) is 4.22. The van der Waals surface area contributed by atoms with Gasteiger partial charge in [0.1, 0.15) is 11.4 Å². The van der Waals surface area contributed by atoms with Crippen LogP contribution in [0.25, 0.3) is 0 Å². The molecule has 0 saturated carbocycles. The molecule has 2 aromatic heterocycles. The molecule has 3 N–H and O–H groups in total. The standard InChI is InChI=1S/C29H47N7O5S2/c1-28(2,3)21-16-32-23(40-21)19-42-24-17-33-26(43-24)34-25(38)20-8-12-36(13-9-20)18-22(37)30-10-14-35(7)15-11-31-27(39)41-29(4,5)6/h16-17,20H,8-15,18-19H2,1-7H3,(H,30,37)(H,31,39)(H,33,34,38). The largest absolute Gasteiger partial charge is 0.444 e. The summed E-state index contributed by atoms with van der Waals surface area (Å²) >= 11 is 3.02. The van der Waals surface area contributed by atoms with Crippen molar-refractivity contribution < 1.29 is 23.5 Å². The third-order valence-corrected chi connectivity index (χ3v) is 8.74. The zero-order valence-electron chi connectivity index (χ0n) is 26.4. The molecule has 0 unspecified atom stereocenters. The molecule has 1 aliphatic heterocycles. The van der Waals surface area contributed by atoms with Crippen molar-refractivity contribution in [2.45, 2.75) is 75.4 Å². The Bertz CT molecular complexity index is 1200. The Labute approximate surface area is 263 Å². The first kappa shape index (κ1) is 34.8. The molecular formula is C29H47N7O5S2. The Balaban J connectivity index is 1.27. The van der Waals surface area contributed by atoms with Crippen molar-refractivity contribution >= 4 is 46.1 Å². The number of thiazole rings is 1. The van der Waals surface area contributed by atoms with Crippen LogP contribution in [-0.2, 0) is 25.5 Å². The predicted molar refractivity (Wildman–Crippen MR) is 169 cm³/mol. The highest BCUT2D eigenvalue weighted by atomic mass is 32.2. The number of likely N-dealkylation sites (N-methyl/N-ethyl adjacent to an activating group) is 1.